The van der Waals surface area contributed by atoms with Crippen LogP contribution in [0.1, 0.15) is 12.8 Å². The van der Waals surface area contributed by atoms with Crippen LogP contribution in [0.2, 0.25) is 0 Å². The second-order valence-electron chi connectivity index (χ2n) is 5.18. The summed E-state index contributed by atoms with van der Waals surface area (Å²) < 4.78 is 5.27. The largest absolute Gasteiger partial charge is 0.495 e. The number of nitrogens with one attached hydrogen (secondary N) is 1. The molecule has 0 saturated carbocycles. The number of rotatable bonds is 2. The van der Waals surface area contributed by atoms with E-state index in [1.54, 1.807) is 7.11 Å². The quantitative estimate of drug-likeness (QED) is 0.779. The number of fused-ring (bicyclic) bond motifs is 1. The van der Waals surface area contributed by atoms with E-state index in [0.717, 1.165) is 31.6 Å². The van der Waals surface area contributed by atoms with Gasteiger partial charge >= 0.3 is 0 Å². The number of nitrogen functional groups attached to an aromatic ring is 1. The molecule has 0 aromatic heterocycles. The average molecular weight is 261 g/mol. The maximum atomic E-state index is 11.8. The summed E-state index contributed by atoms with van der Waals surface area (Å²) >= 11 is 0. The minimum absolute atomic E-state index is 0.122. The van der Waals surface area contributed by atoms with Gasteiger partial charge in [0.15, 0.2) is 0 Å². The molecule has 102 valence electrons. The van der Waals surface area contributed by atoms with Gasteiger partial charge in [0.2, 0.25) is 5.91 Å². The van der Waals surface area contributed by atoms with Crippen LogP contribution in [0.4, 0.5) is 11.4 Å². The van der Waals surface area contributed by atoms with E-state index in [2.05, 4.69) is 10.2 Å². The minimum atomic E-state index is 0.122. The lowest BCUT2D eigenvalue weighted by Crippen LogP contribution is -2.45. The van der Waals surface area contributed by atoms with Crippen molar-refractivity contribution in [2.24, 2.45) is 5.92 Å². The van der Waals surface area contributed by atoms with Crippen LogP contribution < -0.4 is 20.7 Å². The zero-order valence-electron chi connectivity index (χ0n) is 11.1. The van der Waals surface area contributed by atoms with Crippen molar-refractivity contribution in [2.75, 3.05) is 30.8 Å². The molecule has 0 bridgehead atoms. The minimum Gasteiger partial charge on any atom is -0.495 e. The first-order chi connectivity index (χ1) is 9.20. The lowest BCUT2D eigenvalue weighted by atomic mass is 9.91. The molecule has 0 aliphatic carbocycles. The van der Waals surface area contributed by atoms with Crippen molar-refractivity contribution in [1.29, 1.82) is 0 Å². The number of piperidine rings is 1. The third-order valence-corrected chi connectivity index (χ3v) is 4.15. The molecule has 0 spiro atoms. The summed E-state index contributed by atoms with van der Waals surface area (Å²) in [5, 5.41) is 2.96. The number of carbonyl (C=O) groups is 1. The molecular formula is C14H19N3O2. The summed E-state index contributed by atoms with van der Waals surface area (Å²) in [5.41, 5.74) is 7.57. The Hall–Kier alpha value is -1.91. The predicted octanol–water partition coefficient (Wildman–Crippen LogP) is 0.992. The SMILES string of the molecule is COc1cc(N2CCCC3C(=O)NCC32)ccc1N. The van der Waals surface area contributed by atoms with E-state index in [1.165, 1.54) is 0 Å². The topological polar surface area (TPSA) is 67.6 Å². The Bertz CT molecular complexity index is 503. The fraction of sp³-hybridized carbons (Fsp3) is 0.500. The molecule has 2 aliphatic heterocycles. The van der Waals surface area contributed by atoms with Crippen LogP contribution >= 0.6 is 0 Å². The third-order valence-electron chi connectivity index (χ3n) is 4.15. The predicted molar refractivity (Wildman–Crippen MR) is 74.3 cm³/mol. The molecule has 5 nitrogen and oxygen atoms in total. The monoisotopic (exact) mass is 261 g/mol. The Morgan fingerprint density at radius 2 is 2.32 bits per heavy atom. The molecule has 2 fully saturated rings. The molecule has 0 radical (unpaired) electrons. The van der Waals surface area contributed by atoms with Crippen molar-refractivity contribution < 1.29 is 9.53 Å². The van der Waals surface area contributed by atoms with Gasteiger partial charge in [-0.15, -0.1) is 0 Å². The molecule has 2 heterocycles. The molecule has 1 aromatic carbocycles. The van der Waals surface area contributed by atoms with Crippen LogP contribution in [0.3, 0.4) is 0 Å². The third kappa shape index (κ3) is 1.99. The molecule has 2 unspecified atom stereocenters. The van der Waals surface area contributed by atoms with Gasteiger partial charge in [0.25, 0.3) is 0 Å². The van der Waals surface area contributed by atoms with Crippen LogP contribution in [-0.4, -0.2) is 32.1 Å². The Kier molecular flexibility index (Phi) is 2.97. The van der Waals surface area contributed by atoms with Crippen LogP contribution in [0, 0.1) is 5.92 Å². The van der Waals surface area contributed by atoms with Crippen molar-refractivity contribution >= 4 is 17.3 Å². The second kappa shape index (κ2) is 4.64. The van der Waals surface area contributed by atoms with Crippen molar-refractivity contribution in [1.82, 2.24) is 5.32 Å². The highest BCUT2D eigenvalue weighted by molar-refractivity contribution is 5.83. The summed E-state index contributed by atoms with van der Waals surface area (Å²) in [6, 6.07) is 6.08. The van der Waals surface area contributed by atoms with E-state index in [0.29, 0.717) is 11.4 Å². The number of nitrogens with zero attached hydrogens (tertiary/aromatic N) is 1. The number of nitrogens with two attached hydrogens (primary N) is 1. The van der Waals surface area contributed by atoms with Crippen LogP contribution in [0.25, 0.3) is 0 Å². The van der Waals surface area contributed by atoms with E-state index in [-0.39, 0.29) is 17.9 Å². The zero-order chi connectivity index (χ0) is 13.4. The number of methoxy groups -OCH3 is 1. The van der Waals surface area contributed by atoms with Gasteiger partial charge in [0, 0.05) is 24.8 Å². The van der Waals surface area contributed by atoms with Crippen LogP contribution in [-0.2, 0) is 4.79 Å². The van der Waals surface area contributed by atoms with Crippen LogP contribution in [0.5, 0.6) is 5.75 Å². The van der Waals surface area contributed by atoms with Gasteiger partial charge in [0.05, 0.1) is 24.8 Å². The second-order valence-corrected chi connectivity index (χ2v) is 5.18. The molecule has 1 amide bonds. The van der Waals surface area contributed by atoms with Gasteiger partial charge < -0.3 is 20.7 Å². The molecule has 5 heteroatoms. The Morgan fingerprint density at radius 3 is 3.11 bits per heavy atom. The van der Waals surface area contributed by atoms with E-state index in [4.69, 9.17) is 10.5 Å². The van der Waals surface area contributed by atoms with E-state index in [9.17, 15) is 4.79 Å². The van der Waals surface area contributed by atoms with Gasteiger partial charge in [-0.1, -0.05) is 0 Å². The number of carbonyl (C=O) groups excluding carboxylic acids is 1. The van der Waals surface area contributed by atoms with Crippen molar-refractivity contribution in [3.05, 3.63) is 18.2 Å². The van der Waals surface area contributed by atoms with Gasteiger partial charge in [-0.25, -0.2) is 0 Å². The molecule has 3 N–H and O–H groups in total. The highest BCUT2D eigenvalue weighted by Crippen LogP contribution is 2.34. The van der Waals surface area contributed by atoms with Gasteiger partial charge in [-0.2, -0.15) is 0 Å². The lowest BCUT2D eigenvalue weighted by molar-refractivity contribution is -0.122. The first-order valence-electron chi connectivity index (χ1n) is 6.68. The normalized spacial score (nSPS) is 25.9. The molecule has 2 atom stereocenters. The summed E-state index contributed by atoms with van der Waals surface area (Å²) in [7, 11) is 1.62. The van der Waals surface area contributed by atoms with Gasteiger partial charge in [0.1, 0.15) is 5.75 Å². The molecule has 1 aromatic rings. The Morgan fingerprint density at radius 1 is 1.47 bits per heavy atom. The number of anilines is 2. The number of benzene rings is 1. The maximum absolute atomic E-state index is 11.8. The summed E-state index contributed by atoms with van der Waals surface area (Å²) in [6.45, 7) is 1.71. The first kappa shape index (κ1) is 12.1. The summed E-state index contributed by atoms with van der Waals surface area (Å²) in [6.07, 6.45) is 2.03. The fourth-order valence-electron chi connectivity index (χ4n) is 3.15. The highest BCUT2D eigenvalue weighted by Gasteiger charge is 2.40. The van der Waals surface area contributed by atoms with Gasteiger partial charge in [-0.3, -0.25) is 4.79 Å². The standard InChI is InChI=1S/C14H19N3O2/c1-19-13-7-9(4-5-11(13)15)17-6-2-3-10-12(17)8-16-14(10)18/h4-5,7,10,12H,2-3,6,8,15H2,1H3,(H,16,18). The average Bonchev–Trinajstić information content (AvgIpc) is 2.81. The molecule has 19 heavy (non-hydrogen) atoms. The zero-order valence-corrected chi connectivity index (χ0v) is 11.1. The first-order valence-corrected chi connectivity index (χ1v) is 6.68. The molecular weight excluding hydrogens is 242 g/mol. The molecule has 2 aliphatic rings. The highest BCUT2D eigenvalue weighted by atomic mass is 16.5. The van der Waals surface area contributed by atoms with Gasteiger partial charge in [-0.05, 0) is 25.0 Å². The molecule has 3 rings (SSSR count). The summed E-state index contributed by atoms with van der Waals surface area (Å²) in [4.78, 5) is 14.1. The summed E-state index contributed by atoms with van der Waals surface area (Å²) in [5.74, 6) is 1.01. The van der Waals surface area contributed by atoms with E-state index < -0.39 is 0 Å². The van der Waals surface area contributed by atoms with Crippen molar-refractivity contribution in [3.8, 4) is 5.75 Å². The van der Waals surface area contributed by atoms with Crippen LogP contribution in [0.15, 0.2) is 18.2 Å². The van der Waals surface area contributed by atoms with Crippen molar-refractivity contribution in [2.45, 2.75) is 18.9 Å². The lowest BCUT2D eigenvalue weighted by Gasteiger charge is -2.37. The maximum Gasteiger partial charge on any atom is 0.225 e. The van der Waals surface area contributed by atoms with E-state index >= 15 is 0 Å². The van der Waals surface area contributed by atoms with Crippen molar-refractivity contribution in [3.63, 3.8) is 0 Å². The number of ether oxygens (including phenoxy) is 1. The smallest absolute Gasteiger partial charge is 0.225 e. The number of hydrogen-bond acceptors (Lipinski definition) is 4. The Balaban J connectivity index is 1.91. The van der Waals surface area contributed by atoms with E-state index in [1.807, 2.05) is 18.2 Å². The Labute approximate surface area is 112 Å². The fourth-order valence-corrected chi connectivity index (χ4v) is 3.15. The molecule has 2 saturated heterocycles. The number of hydrogen-bond donors (Lipinski definition) is 2. The number of amides is 1.